The number of hydrogen-bond donors (Lipinski definition) is 2. The molecule has 0 unspecified atom stereocenters. The van der Waals surface area contributed by atoms with E-state index in [1.165, 1.54) is 0 Å². The molecule has 102 valence electrons. The Morgan fingerprint density at radius 1 is 1.47 bits per heavy atom. The molecule has 19 heavy (non-hydrogen) atoms. The van der Waals surface area contributed by atoms with E-state index < -0.39 is 0 Å². The average Bonchev–Trinajstić information content (AvgIpc) is 2.81. The number of fused-ring (bicyclic) bond motifs is 1. The minimum Gasteiger partial charge on any atom is -0.497 e. The molecule has 1 aromatic carbocycles. The third kappa shape index (κ3) is 2.88. The number of esters is 1. The summed E-state index contributed by atoms with van der Waals surface area (Å²) in [5, 5.41) is 0.969. The second kappa shape index (κ2) is 5.75. The first-order valence-corrected chi connectivity index (χ1v) is 6.22. The van der Waals surface area contributed by atoms with E-state index in [9.17, 15) is 4.79 Å². The molecule has 5 nitrogen and oxygen atoms in total. The standard InChI is InChI=1S/C14H18N2O3/c1-3-19-14(17)7-12(15)11-8-16-13-5-4-9(18-2)6-10(11)13/h4-6,8,12,16H,3,7,15H2,1-2H3/t12-/m1/s1. The molecule has 3 N–H and O–H groups in total. The highest BCUT2D eigenvalue weighted by Crippen LogP contribution is 2.28. The van der Waals surface area contributed by atoms with Crippen molar-refractivity contribution in [1.29, 1.82) is 0 Å². The minimum absolute atomic E-state index is 0.165. The van der Waals surface area contributed by atoms with Gasteiger partial charge in [0.05, 0.1) is 20.1 Å². The van der Waals surface area contributed by atoms with Crippen molar-refractivity contribution in [3.05, 3.63) is 30.0 Å². The smallest absolute Gasteiger partial charge is 0.307 e. The van der Waals surface area contributed by atoms with Crippen molar-refractivity contribution in [3.63, 3.8) is 0 Å². The zero-order valence-electron chi connectivity index (χ0n) is 11.1. The normalized spacial score (nSPS) is 12.4. The number of benzene rings is 1. The Kier molecular flexibility index (Phi) is 4.06. The molecule has 0 spiro atoms. The van der Waals surface area contributed by atoms with Crippen molar-refractivity contribution in [1.82, 2.24) is 4.98 Å². The number of nitrogens with two attached hydrogens (primary N) is 1. The number of ether oxygens (including phenoxy) is 2. The lowest BCUT2D eigenvalue weighted by Crippen LogP contribution is -2.16. The van der Waals surface area contributed by atoms with Crippen LogP contribution in [-0.2, 0) is 9.53 Å². The van der Waals surface area contributed by atoms with Crippen molar-refractivity contribution < 1.29 is 14.3 Å². The van der Waals surface area contributed by atoms with Gasteiger partial charge in [0.25, 0.3) is 0 Å². The Balaban J connectivity index is 2.26. The van der Waals surface area contributed by atoms with E-state index in [0.717, 1.165) is 22.2 Å². The molecule has 0 fully saturated rings. The van der Waals surface area contributed by atoms with E-state index in [1.807, 2.05) is 24.4 Å². The SMILES string of the molecule is CCOC(=O)C[C@@H](N)c1c[nH]c2ccc(OC)cc12. The van der Waals surface area contributed by atoms with Crippen LogP contribution in [0.4, 0.5) is 0 Å². The second-order valence-corrected chi connectivity index (χ2v) is 4.27. The Labute approximate surface area is 111 Å². The van der Waals surface area contributed by atoms with E-state index in [-0.39, 0.29) is 18.4 Å². The van der Waals surface area contributed by atoms with Crippen LogP contribution in [0.1, 0.15) is 24.9 Å². The van der Waals surface area contributed by atoms with Crippen molar-refractivity contribution in [2.24, 2.45) is 5.73 Å². The summed E-state index contributed by atoms with van der Waals surface area (Å²) in [6.45, 7) is 2.15. The van der Waals surface area contributed by atoms with Crippen LogP contribution in [-0.4, -0.2) is 24.7 Å². The lowest BCUT2D eigenvalue weighted by atomic mass is 10.0. The van der Waals surface area contributed by atoms with Crippen LogP contribution in [0.3, 0.4) is 0 Å². The first-order chi connectivity index (χ1) is 9.15. The summed E-state index contributed by atoms with van der Waals surface area (Å²) in [7, 11) is 1.62. The summed E-state index contributed by atoms with van der Waals surface area (Å²) < 4.78 is 10.1. The summed E-state index contributed by atoms with van der Waals surface area (Å²) in [6, 6.07) is 5.32. The molecule has 2 rings (SSSR count). The van der Waals surface area contributed by atoms with Gasteiger partial charge in [-0.2, -0.15) is 0 Å². The molecule has 0 bridgehead atoms. The quantitative estimate of drug-likeness (QED) is 0.809. The maximum absolute atomic E-state index is 11.5. The van der Waals surface area contributed by atoms with Gasteiger partial charge in [0, 0.05) is 23.1 Å². The number of hydrogen-bond acceptors (Lipinski definition) is 4. The van der Waals surface area contributed by atoms with Gasteiger partial charge in [-0.15, -0.1) is 0 Å². The predicted octanol–water partition coefficient (Wildman–Crippen LogP) is 2.13. The van der Waals surface area contributed by atoms with Crippen molar-refractivity contribution in [3.8, 4) is 5.75 Å². The van der Waals surface area contributed by atoms with Crippen LogP contribution in [0.25, 0.3) is 10.9 Å². The van der Waals surface area contributed by atoms with Crippen LogP contribution in [0.5, 0.6) is 5.75 Å². The molecule has 5 heteroatoms. The Morgan fingerprint density at radius 2 is 2.26 bits per heavy atom. The largest absolute Gasteiger partial charge is 0.497 e. The second-order valence-electron chi connectivity index (χ2n) is 4.27. The number of carbonyl (C=O) groups is 1. The molecule has 1 aromatic heterocycles. The lowest BCUT2D eigenvalue weighted by Gasteiger charge is -2.10. The molecule has 1 atom stereocenters. The Hall–Kier alpha value is -2.01. The summed E-state index contributed by atoms with van der Waals surface area (Å²) in [6.07, 6.45) is 1.99. The van der Waals surface area contributed by atoms with Crippen LogP contribution in [0, 0.1) is 0 Å². The van der Waals surface area contributed by atoms with Gasteiger partial charge in [-0.1, -0.05) is 0 Å². The number of rotatable bonds is 5. The van der Waals surface area contributed by atoms with E-state index >= 15 is 0 Å². The first-order valence-electron chi connectivity index (χ1n) is 6.22. The number of aromatic nitrogens is 1. The molecule has 1 heterocycles. The summed E-state index contributed by atoms with van der Waals surface area (Å²) in [5.41, 5.74) is 7.92. The van der Waals surface area contributed by atoms with E-state index in [2.05, 4.69) is 4.98 Å². The molecule has 0 aliphatic carbocycles. The van der Waals surface area contributed by atoms with E-state index in [4.69, 9.17) is 15.2 Å². The number of methoxy groups -OCH3 is 1. The molecule has 0 saturated carbocycles. The zero-order valence-corrected chi connectivity index (χ0v) is 11.1. The topological polar surface area (TPSA) is 77.3 Å². The molecule has 2 aromatic rings. The highest BCUT2D eigenvalue weighted by atomic mass is 16.5. The molecule has 0 aliphatic heterocycles. The van der Waals surface area contributed by atoms with Gasteiger partial charge in [0.15, 0.2) is 0 Å². The summed E-state index contributed by atoms with van der Waals surface area (Å²) in [5.74, 6) is 0.476. The number of aromatic amines is 1. The fourth-order valence-electron chi connectivity index (χ4n) is 2.06. The predicted molar refractivity (Wildman–Crippen MR) is 73.0 cm³/mol. The fraction of sp³-hybridized carbons (Fsp3) is 0.357. The maximum Gasteiger partial charge on any atom is 0.307 e. The molecular formula is C14H18N2O3. The van der Waals surface area contributed by atoms with Gasteiger partial charge in [0.1, 0.15) is 5.75 Å². The van der Waals surface area contributed by atoms with Gasteiger partial charge in [-0.3, -0.25) is 4.79 Å². The third-order valence-electron chi connectivity index (χ3n) is 3.01. The third-order valence-corrected chi connectivity index (χ3v) is 3.01. The lowest BCUT2D eigenvalue weighted by molar-refractivity contribution is -0.143. The first kappa shape index (κ1) is 13.4. The van der Waals surface area contributed by atoms with Crippen molar-refractivity contribution >= 4 is 16.9 Å². The molecule has 0 radical (unpaired) electrons. The average molecular weight is 262 g/mol. The Bertz CT molecular complexity index is 577. The maximum atomic E-state index is 11.5. The van der Waals surface area contributed by atoms with Gasteiger partial charge in [-0.05, 0) is 30.7 Å². The monoisotopic (exact) mass is 262 g/mol. The van der Waals surface area contributed by atoms with Crippen molar-refractivity contribution in [2.45, 2.75) is 19.4 Å². The van der Waals surface area contributed by atoms with Crippen LogP contribution in [0.15, 0.2) is 24.4 Å². The summed E-state index contributed by atoms with van der Waals surface area (Å²) >= 11 is 0. The number of H-pyrrole nitrogens is 1. The highest BCUT2D eigenvalue weighted by molar-refractivity contribution is 5.85. The Morgan fingerprint density at radius 3 is 2.95 bits per heavy atom. The van der Waals surface area contributed by atoms with Gasteiger partial charge in [0.2, 0.25) is 0 Å². The number of nitrogens with one attached hydrogen (secondary N) is 1. The fourth-order valence-corrected chi connectivity index (χ4v) is 2.06. The zero-order chi connectivity index (χ0) is 13.8. The molecule has 0 aliphatic rings. The van der Waals surface area contributed by atoms with Gasteiger partial charge >= 0.3 is 5.97 Å². The van der Waals surface area contributed by atoms with Crippen LogP contribution in [0.2, 0.25) is 0 Å². The minimum atomic E-state index is -0.389. The van der Waals surface area contributed by atoms with E-state index in [1.54, 1.807) is 14.0 Å². The number of carbonyl (C=O) groups excluding carboxylic acids is 1. The molecular weight excluding hydrogens is 244 g/mol. The van der Waals surface area contributed by atoms with Crippen molar-refractivity contribution in [2.75, 3.05) is 13.7 Å². The van der Waals surface area contributed by atoms with Crippen LogP contribution >= 0.6 is 0 Å². The van der Waals surface area contributed by atoms with Gasteiger partial charge in [-0.25, -0.2) is 0 Å². The van der Waals surface area contributed by atoms with E-state index in [0.29, 0.717) is 6.61 Å². The van der Waals surface area contributed by atoms with Crippen LogP contribution < -0.4 is 10.5 Å². The summed E-state index contributed by atoms with van der Waals surface area (Å²) in [4.78, 5) is 14.6. The highest BCUT2D eigenvalue weighted by Gasteiger charge is 2.16. The molecule has 0 amide bonds. The van der Waals surface area contributed by atoms with Gasteiger partial charge < -0.3 is 20.2 Å². The molecule has 0 saturated heterocycles.